The van der Waals surface area contributed by atoms with E-state index in [1.165, 1.54) is 12.1 Å². The summed E-state index contributed by atoms with van der Waals surface area (Å²) in [5.41, 5.74) is 0.436. The van der Waals surface area contributed by atoms with E-state index in [9.17, 15) is 19.7 Å². The van der Waals surface area contributed by atoms with Crippen molar-refractivity contribution in [2.24, 2.45) is 5.92 Å². The molecule has 0 spiro atoms. The molecule has 2 aliphatic rings. The van der Waals surface area contributed by atoms with Crippen LogP contribution >= 0.6 is 0 Å². The van der Waals surface area contributed by atoms with E-state index >= 15 is 0 Å². The maximum atomic E-state index is 12.2. The van der Waals surface area contributed by atoms with Crippen LogP contribution in [-0.2, 0) is 14.3 Å². The number of anilines is 1. The fourth-order valence-electron chi connectivity index (χ4n) is 3.25. The number of nitrogens with zero attached hydrogens (tertiary/aromatic N) is 2. The summed E-state index contributed by atoms with van der Waals surface area (Å²) in [6, 6.07) is 4.31. The Balaban J connectivity index is 1.82. The molecule has 2 heterocycles. The Bertz CT molecular complexity index is 704. The van der Waals surface area contributed by atoms with Crippen LogP contribution in [0.1, 0.15) is 36.5 Å². The Labute approximate surface area is 144 Å². The monoisotopic (exact) mass is 348 g/mol. The molecule has 8 nitrogen and oxygen atoms in total. The minimum atomic E-state index is -0.936. The highest BCUT2D eigenvalue weighted by molar-refractivity contribution is 5.93. The van der Waals surface area contributed by atoms with Gasteiger partial charge in [-0.05, 0) is 30.9 Å². The lowest BCUT2D eigenvalue weighted by molar-refractivity contribution is -0.384. The van der Waals surface area contributed by atoms with Gasteiger partial charge in [0.15, 0.2) is 0 Å². The molecule has 0 bridgehead atoms. The van der Waals surface area contributed by atoms with Crippen molar-refractivity contribution < 1.29 is 24.0 Å². The summed E-state index contributed by atoms with van der Waals surface area (Å²) in [5, 5.41) is 11.5. The molecule has 0 amide bonds. The van der Waals surface area contributed by atoms with Crippen molar-refractivity contribution in [2.45, 2.75) is 32.3 Å². The molecule has 3 rings (SSSR count). The molecule has 2 aliphatic heterocycles. The van der Waals surface area contributed by atoms with Gasteiger partial charge < -0.3 is 14.4 Å². The van der Waals surface area contributed by atoms with Gasteiger partial charge in [-0.3, -0.25) is 10.1 Å². The van der Waals surface area contributed by atoms with E-state index in [-0.39, 0.29) is 17.9 Å². The minimum Gasteiger partial charge on any atom is -0.463 e. The average molecular weight is 348 g/mol. The van der Waals surface area contributed by atoms with Crippen LogP contribution < -0.4 is 4.90 Å². The topological polar surface area (TPSA) is 99.0 Å². The van der Waals surface area contributed by atoms with Gasteiger partial charge in [0.25, 0.3) is 5.69 Å². The molecule has 25 heavy (non-hydrogen) atoms. The molecule has 0 unspecified atom stereocenters. The zero-order valence-electron chi connectivity index (χ0n) is 14.0. The number of hydrogen-bond donors (Lipinski definition) is 0. The minimum absolute atomic E-state index is 0.0557. The summed E-state index contributed by atoms with van der Waals surface area (Å²) in [6.45, 7) is 3.83. The number of ether oxygens (including phenoxy) is 2. The largest absolute Gasteiger partial charge is 0.463 e. The SMILES string of the molecule is C[C@@H]1CCCN(c2ccc(C(=O)O[C@@H]3CCOC3=O)cc2[N+](=O)[O-])C1. The van der Waals surface area contributed by atoms with E-state index in [2.05, 4.69) is 6.92 Å². The normalized spacial score (nSPS) is 23.2. The molecule has 0 saturated carbocycles. The molecule has 2 atom stereocenters. The van der Waals surface area contributed by atoms with Gasteiger partial charge in [-0.15, -0.1) is 0 Å². The molecule has 8 heteroatoms. The third-order valence-corrected chi connectivity index (χ3v) is 4.54. The van der Waals surface area contributed by atoms with Crippen LogP contribution in [0.5, 0.6) is 0 Å². The molecule has 1 aromatic rings. The molecule has 0 radical (unpaired) electrons. The Morgan fingerprint density at radius 3 is 2.84 bits per heavy atom. The van der Waals surface area contributed by atoms with E-state index in [1.807, 2.05) is 4.90 Å². The quantitative estimate of drug-likeness (QED) is 0.467. The van der Waals surface area contributed by atoms with Crippen LogP contribution in [0.4, 0.5) is 11.4 Å². The number of nitro groups is 1. The van der Waals surface area contributed by atoms with E-state index in [4.69, 9.17) is 9.47 Å². The average Bonchev–Trinajstić information content (AvgIpc) is 2.99. The Morgan fingerprint density at radius 1 is 1.40 bits per heavy atom. The molecule has 0 N–H and O–H groups in total. The van der Waals surface area contributed by atoms with Gasteiger partial charge in [-0.25, -0.2) is 9.59 Å². The van der Waals surface area contributed by atoms with E-state index in [1.54, 1.807) is 6.07 Å². The fourth-order valence-corrected chi connectivity index (χ4v) is 3.25. The van der Waals surface area contributed by atoms with Gasteiger partial charge in [-0.1, -0.05) is 6.92 Å². The van der Waals surface area contributed by atoms with E-state index in [0.29, 0.717) is 18.0 Å². The van der Waals surface area contributed by atoms with Crippen molar-refractivity contribution in [1.29, 1.82) is 0 Å². The van der Waals surface area contributed by atoms with Crippen LogP contribution in [0.3, 0.4) is 0 Å². The number of rotatable bonds is 4. The fraction of sp³-hybridized carbons (Fsp3) is 0.529. The van der Waals surface area contributed by atoms with Crippen LogP contribution in [0.25, 0.3) is 0 Å². The number of carbonyl (C=O) groups is 2. The molecular formula is C17H20N2O6. The second-order valence-corrected chi connectivity index (χ2v) is 6.50. The highest BCUT2D eigenvalue weighted by Gasteiger charge is 2.31. The molecule has 0 aromatic heterocycles. The molecule has 134 valence electrons. The van der Waals surface area contributed by atoms with E-state index < -0.39 is 23.0 Å². The Kier molecular flexibility index (Phi) is 4.87. The summed E-state index contributed by atoms with van der Waals surface area (Å²) in [4.78, 5) is 36.5. The number of carbonyl (C=O) groups excluding carboxylic acids is 2. The van der Waals surface area contributed by atoms with Gasteiger partial charge in [0.2, 0.25) is 6.10 Å². The first-order chi connectivity index (χ1) is 12.0. The lowest BCUT2D eigenvalue weighted by Crippen LogP contribution is -2.34. The first kappa shape index (κ1) is 17.2. The van der Waals surface area contributed by atoms with Crippen LogP contribution in [0, 0.1) is 16.0 Å². The molecule has 2 saturated heterocycles. The molecule has 1 aromatic carbocycles. The highest BCUT2D eigenvalue weighted by Crippen LogP contribution is 2.32. The number of benzene rings is 1. The predicted molar refractivity (Wildman–Crippen MR) is 88.5 cm³/mol. The number of nitro benzene ring substituents is 1. The van der Waals surface area contributed by atoms with Crippen LogP contribution in [0.2, 0.25) is 0 Å². The zero-order valence-corrected chi connectivity index (χ0v) is 14.0. The summed E-state index contributed by atoms with van der Waals surface area (Å²) in [5.74, 6) is -0.876. The third-order valence-electron chi connectivity index (χ3n) is 4.54. The van der Waals surface area contributed by atoms with Gasteiger partial charge >= 0.3 is 11.9 Å². The van der Waals surface area contributed by atoms with Crippen molar-refractivity contribution in [2.75, 3.05) is 24.6 Å². The Morgan fingerprint density at radius 2 is 2.20 bits per heavy atom. The van der Waals surface area contributed by atoms with Crippen molar-refractivity contribution in [3.05, 3.63) is 33.9 Å². The number of hydrogen-bond acceptors (Lipinski definition) is 7. The van der Waals surface area contributed by atoms with Crippen LogP contribution in [0.15, 0.2) is 18.2 Å². The summed E-state index contributed by atoms with van der Waals surface area (Å²) in [7, 11) is 0. The number of piperidine rings is 1. The lowest BCUT2D eigenvalue weighted by atomic mass is 9.99. The maximum absolute atomic E-state index is 12.2. The summed E-state index contributed by atoms with van der Waals surface area (Å²) in [6.07, 6.45) is 1.45. The molecule has 2 fully saturated rings. The smallest absolute Gasteiger partial charge is 0.347 e. The van der Waals surface area contributed by atoms with E-state index in [0.717, 1.165) is 25.9 Å². The van der Waals surface area contributed by atoms with Crippen LogP contribution in [-0.4, -0.2) is 42.7 Å². The van der Waals surface area contributed by atoms with Gasteiger partial charge in [0, 0.05) is 25.6 Å². The first-order valence-corrected chi connectivity index (χ1v) is 8.36. The van der Waals surface area contributed by atoms with Crippen molar-refractivity contribution in [3.63, 3.8) is 0 Å². The van der Waals surface area contributed by atoms with Crippen molar-refractivity contribution >= 4 is 23.3 Å². The standard InChI is InChI=1S/C17H20N2O6/c1-11-3-2-7-18(10-11)13-5-4-12(9-14(13)19(22)23)16(20)25-15-6-8-24-17(15)21/h4-5,9,11,15H,2-3,6-8,10H2,1H3/t11-,15-/m1/s1. The summed E-state index contributed by atoms with van der Waals surface area (Å²) < 4.78 is 9.84. The number of esters is 2. The van der Waals surface area contributed by atoms with Gasteiger partial charge in [-0.2, -0.15) is 0 Å². The second kappa shape index (κ2) is 7.08. The molecular weight excluding hydrogens is 328 g/mol. The third kappa shape index (κ3) is 3.72. The van der Waals surface area contributed by atoms with Gasteiger partial charge in [0.1, 0.15) is 5.69 Å². The zero-order chi connectivity index (χ0) is 18.0. The first-order valence-electron chi connectivity index (χ1n) is 8.36. The number of cyclic esters (lactones) is 1. The predicted octanol–water partition coefficient (Wildman–Crippen LogP) is 2.30. The summed E-state index contributed by atoms with van der Waals surface area (Å²) >= 11 is 0. The highest BCUT2D eigenvalue weighted by atomic mass is 16.6. The second-order valence-electron chi connectivity index (χ2n) is 6.50. The van der Waals surface area contributed by atoms with Gasteiger partial charge in [0.05, 0.1) is 17.1 Å². The molecule has 0 aliphatic carbocycles. The maximum Gasteiger partial charge on any atom is 0.347 e. The van der Waals surface area contributed by atoms with Crippen molar-refractivity contribution in [1.82, 2.24) is 0 Å². The Hall–Kier alpha value is -2.64. The lowest BCUT2D eigenvalue weighted by Gasteiger charge is -2.32. The van der Waals surface area contributed by atoms with Crippen molar-refractivity contribution in [3.8, 4) is 0 Å².